The number of benzene rings is 1. The Hall–Kier alpha value is -1.34. The monoisotopic (exact) mass is 409 g/mol. The highest BCUT2D eigenvalue weighted by atomic mass is 79.9. The predicted octanol–water partition coefficient (Wildman–Crippen LogP) is 4.29. The molecule has 0 saturated heterocycles. The molecule has 1 heterocycles. The summed E-state index contributed by atoms with van der Waals surface area (Å²) in [5.74, 6) is 1.32. The van der Waals surface area contributed by atoms with E-state index in [1.807, 2.05) is 24.3 Å². The van der Waals surface area contributed by atoms with Crippen molar-refractivity contribution in [3.63, 3.8) is 0 Å². The molecule has 24 heavy (non-hydrogen) atoms. The number of carbonyl (C=O) groups excluding carboxylic acids is 1. The number of carbonyl (C=O) groups is 1. The van der Waals surface area contributed by atoms with Crippen LogP contribution in [0, 0.1) is 5.92 Å². The molecule has 7 heteroatoms. The fourth-order valence-corrected chi connectivity index (χ4v) is 3.95. The molecule has 1 N–H and O–H groups in total. The summed E-state index contributed by atoms with van der Waals surface area (Å²) in [6, 6.07) is 7.96. The largest absolute Gasteiger partial charge is 0.411 e. The molecule has 1 fully saturated rings. The molecule has 128 valence electrons. The second kappa shape index (κ2) is 8.16. The van der Waals surface area contributed by atoms with E-state index in [4.69, 9.17) is 4.42 Å². The maximum absolute atomic E-state index is 12.1. The number of aromatic nitrogens is 2. The van der Waals surface area contributed by atoms with E-state index >= 15 is 0 Å². The summed E-state index contributed by atoms with van der Waals surface area (Å²) < 4.78 is 6.54. The van der Waals surface area contributed by atoms with Crippen LogP contribution in [-0.2, 0) is 4.79 Å². The highest BCUT2D eigenvalue weighted by Gasteiger charge is 2.23. The van der Waals surface area contributed by atoms with Crippen LogP contribution in [0.2, 0.25) is 0 Å². The number of hydrogen-bond donors (Lipinski definition) is 1. The third-order valence-corrected chi connectivity index (χ3v) is 5.81. The van der Waals surface area contributed by atoms with Gasteiger partial charge < -0.3 is 9.73 Å². The Morgan fingerprint density at radius 2 is 2.12 bits per heavy atom. The summed E-state index contributed by atoms with van der Waals surface area (Å²) in [5, 5.41) is 11.6. The van der Waals surface area contributed by atoms with Crippen molar-refractivity contribution in [2.45, 2.75) is 43.9 Å². The van der Waals surface area contributed by atoms with Gasteiger partial charge in [-0.3, -0.25) is 4.79 Å². The molecule has 0 unspecified atom stereocenters. The van der Waals surface area contributed by atoms with Crippen molar-refractivity contribution in [1.82, 2.24) is 15.5 Å². The molecule has 5 nitrogen and oxygen atoms in total. The normalized spacial score (nSPS) is 20.8. The number of rotatable bonds is 5. The zero-order valence-electron chi connectivity index (χ0n) is 13.5. The zero-order chi connectivity index (χ0) is 16.9. The molecule has 0 aliphatic heterocycles. The summed E-state index contributed by atoms with van der Waals surface area (Å²) in [6.07, 6.45) is 4.73. The van der Waals surface area contributed by atoms with E-state index in [0.29, 0.717) is 28.8 Å². The van der Waals surface area contributed by atoms with Gasteiger partial charge in [-0.25, -0.2) is 0 Å². The maximum Gasteiger partial charge on any atom is 0.277 e. The van der Waals surface area contributed by atoms with Gasteiger partial charge in [0.1, 0.15) is 0 Å². The quantitative estimate of drug-likeness (QED) is 0.745. The number of nitrogens with zero attached hydrogens (tertiary/aromatic N) is 2. The lowest BCUT2D eigenvalue weighted by molar-refractivity contribution is -0.119. The van der Waals surface area contributed by atoms with Crippen LogP contribution >= 0.6 is 27.7 Å². The van der Waals surface area contributed by atoms with Crippen LogP contribution in [-0.4, -0.2) is 27.9 Å². The lowest BCUT2D eigenvalue weighted by Gasteiger charge is -2.29. The number of amides is 1. The van der Waals surface area contributed by atoms with Crippen molar-refractivity contribution in [3.8, 4) is 11.5 Å². The van der Waals surface area contributed by atoms with Crippen LogP contribution in [0.25, 0.3) is 11.5 Å². The lowest BCUT2D eigenvalue weighted by Crippen LogP contribution is -2.41. The van der Waals surface area contributed by atoms with Crippen molar-refractivity contribution in [1.29, 1.82) is 0 Å². The van der Waals surface area contributed by atoms with Crippen LogP contribution in [0.1, 0.15) is 32.6 Å². The third kappa shape index (κ3) is 4.39. The molecular weight excluding hydrogens is 390 g/mol. The SMILES string of the molecule is C[C@H]1CCCC[C@H]1NC(=O)CSc1nnc(-c2ccccc2Br)o1. The summed E-state index contributed by atoms with van der Waals surface area (Å²) >= 11 is 4.74. The van der Waals surface area contributed by atoms with Crippen LogP contribution < -0.4 is 5.32 Å². The van der Waals surface area contributed by atoms with Gasteiger partial charge in [-0.2, -0.15) is 0 Å². The number of nitrogens with one attached hydrogen (secondary N) is 1. The van der Waals surface area contributed by atoms with Gasteiger partial charge in [0.05, 0.1) is 11.3 Å². The first-order valence-corrected chi connectivity index (χ1v) is 9.92. The smallest absolute Gasteiger partial charge is 0.277 e. The van der Waals surface area contributed by atoms with Gasteiger partial charge in [0.2, 0.25) is 11.8 Å². The minimum atomic E-state index is 0.0272. The molecule has 1 amide bonds. The molecule has 3 rings (SSSR count). The Morgan fingerprint density at radius 1 is 1.33 bits per heavy atom. The van der Waals surface area contributed by atoms with E-state index in [2.05, 4.69) is 38.4 Å². The molecule has 1 aliphatic carbocycles. The highest BCUT2D eigenvalue weighted by molar-refractivity contribution is 9.10. The van der Waals surface area contributed by atoms with Gasteiger partial charge in [-0.05, 0) is 46.8 Å². The molecule has 1 aromatic heterocycles. The van der Waals surface area contributed by atoms with E-state index in [0.717, 1.165) is 16.5 Å². The van der Waals surface area contributed by atoms with E-state index in [9.17, 15) is 4.79 Å². The number of hydrogen-bond acceptors (Lipinski definition) is 5. The lowest BCUT2D eigenvalue weighted by atomic mass is 9.86. The fraction of sp³-hybridized carbons (Fsp3) is 0.471. The second-order valence-corrected chi connectivity index (χ2v) is 7.86. The van der Waals surface area contributed by atoms with Crippen molar-refractivity contribution in [2.75, 3.05) is 5.75 Å². The second-order valence-electron chi connectivity index (χ2n) is 6.08. The van der Waals surface area contributed by atoms with Crippen LogP contribution in [0.4, 0.5) is 0 Å². The minimum absolute atomic E-state index is 0.0272. The molecule has 1 aromatic carbocycles. The molecule has 0 radical (unpaired) electrons. The predicted molar refractivity (Wildman–Crippen MR) is 97.7 cm³/mol. The van der Waals surface area contributed by atoms with Crippen LogP contribution in [0.3, 0.4) is 0 Å². The highest BCUT2D eigenvalue weighted by Crippen LogP contribution is 2.29. The van der Waals surface area contributed by atoms with Gasteiger partial charge in [-0.1, -0.05) is 43.7 Å². The van der Waals surface area contributed by atoms with Gasteiger partial charge in [-0.15, -0.1) is 10.2 Å². The average molecular weight is 410 g/mol. The summed E-state index contributed by atoms with van der Waals surface area (Å²) in [7, 11) is 0. The van der Waals surface area contributed by atoms with E-state index in [1.54, 1.807) is 0 Å². The van der Waals surface area contributed by atoms with Crippen molar-refractivity contribution < 1.29 is 9.21 Å². The van der Waals surface area contributed by atoms with Crippen molar-refractivity contribution >= 4 is 33.6 Å². The van der Waals surface area contributed by atoms with Crippen LogP contribution in [0.5, 0.6) is 0 Å². The number of thioether (sulfide) groups is 1. The summed E-state index contributed by atoms with van der Waals surface area (Å²) in [4.78, 5) is 12.1. The molecule has 2 atom stereocenters. The first-order chi connectivity index (χ1) is 11.6. The van der Waals surface area contributed by atoms with Crippen molar-refractivity contribution in [2.24, 2.45) is 5.92 Å². The average Bonchev–Trinajstić information content (AvgIpc) is 3.04. The molecular formula is C17H20BrN3O2S. The Morgan fingerprint density at radius 3 is 2.92 bits per heavy atom. The topological polar surface area (TPSA) is 68.0 Å². The standard InChI is InChI=1S/C17H20BrN3O2S/c1-11-6-2-5-9-14(11)19-15(22)10-24-17-21-20-16(23-17)12-7-3-4-8-13(12)18/h3-4,7-8,11,14H,2,5-6,9-10H2,1H3,(H,19,22)/t11-,14+/m0/s1. The maximum atomic E-state index is 12.1. The van der Waals surface area contributed by atoms with E-state index in [1.165, 1.54) is 31.0 Å². The van der Waals surface area contributed by atoms with E-state index in [-0.39, 0.29) is 5.91 Å². The molecule has 0 bridgehead atoms. The Kier molecular flexibility index (Phi) is 5.94. The molecule has 1 aliphatic rings. The van der Waals surface area contributed by atoms with Crippen LogP contribution in [0.15, 0.2) is 38.4 Å². The molecule has 2 aromatic rings. The Bertz CT molecular complexity index is 707. The first kappa shape index (κ1) is 17.5. The van der Waals surface area contributed by atoms with Crippen molar-refractivity contribution in [3.05, 3.63) is 28.7 Å². The number of halogens is 1. The Labute approximate surface area is 154 Å². The summed E-state index contributed by atoms with van der Waals surface area (Å²) in [5.41, 5.74) is 0.845. The van der Waals surface area contributed by atoms with Gasteiger partial charge in [0.25, 0.3) is 5.22 Å². The first-order valence-electron chi connectivity index (χ1n) is 8.14. The van der Waals surface area contributed by atoms with E-state index < -0.39 is 0 Å². The van der Waals surface area contributed by atoms with Gasteiger partial charge >= 0.3 is 0 Å². The fourth-order valence-electron chi connectivity index (χ4n) is 2.92. The molecule has 1 saturated carbocycles. The Balaban J connectivity index is 1.54. The summed E-state index contributed by atoms with van der Waals surface area (Å²) in [6.45, 7) is 2.21. The molecule has 0 spiro atoms. The zero-order valence-corrected chi connectivity index (χ0v) is 15.9. The van der Waals surface area contributed by atoms with Gasteiger partial charge in [0, 0.05) is 10.5 Å². The van der Waals surface area contributed by atoms with Gasteiger partial charge in [0.15, 0.2) is 0 Å². The minimum Gasteiger partial charge on any atom is -0.411 e. The third-order valence-electron chi connectivity index (χ3n) is 4.30.